The summed E-state index contributed by atoms with van der Waals surface area (Å²) >= 11 is 17.3. The van der Waals surface area contributed by atoms with Crippen molar-refractivity contribution in [3.63, 3.8) is 0 Å². The molecule has 0 atom stereocenters. The van der Waals surface area contributed by atoms with Crippen molar-refractivity contribution in [2.75, 3.05) is 7.11 Å². The van der Waals surface area contributed by atoms with E-state index in [2.05, 4.69) is 0 Å². The molecule has 0 aliphatic rings. The summed E-state index contributed by atoms with van der Waals surface area (Å²) in [5, 5.41) is 1.31. The van der Waals surface area contributed by atoms with E-state index in [0.29, 0.717) is 37.1 Å². The summed E-state index contributed by atoms with van der Waals surface area (Å²) < 4.78 is 12.1. The first-order chi connectivity index (χ1) is 10.5. The lowest BCUT2D eigenvalue weighted by molar-refractivity contribution is 0.414. The highest BCUT2D eigenvalue weighted by atomic mass is 35.5. The standard InChI is InChI=1S/C15H9Cl2NO3S/c1-20-9-3-5-13-10(7-9)14(22)18(15(19)21-13)8-2-4-11(16)12(17)6-8/h2-7H,1H3. The summed E-state index contributed by atoms with van der Waals surface area (Å²) in [4.78, 5) is 12.2. The number of nitrogens with zero attached hydrogens (tertiary/aromatic N) is 1. The molecule has 0 bridgehead atoms. The van der Waals surface area contributed by atoms with Gasteiger partial charge in [-0.2, -0.15) is 0 Å². The Labute approximate surface area is 140 Å². The molecule has 22 heavy (non-hydrogen) atoms. The van der Waals surface area contributed by atoms with E-state index in [9.17, 15) is 4.79 Å². The van der Waals surface area contributed by atoms with Crippen LogP contribution in [0.1, 0.15) is 0 Å². The predicted molar refractivity (Wildman–Crippen MR) is 89.2 cm³/mol. The van der Waals surface area contributed by atoms with Gasteiger partial charge in [0.05, 0.1) is 28.2 Å². The van der Waals surface area contributed by atoms with Gasteiger partial charge in [0.2, 0.25) is 0 Å². The van der Waals surface area contributed by atoms with Gasteiger partial charge in [-0.15, -0.1) is 0 Å². The monoisotopic (exact) mass is 353 g/mol. The third-order valence-corrected chi connectivity index (χ3v) is 4.30. The van der Waals surface area contributed by atoms with Gasteiger partial charge < -0.3 is 9.15 Å². The molecule has 0 amide bonds. The Balaban J connectivity index is 2.36. The molecular formula is C15H9Cl2NO3S. The molecule has 3 aromatic rings. The molecule has 2 aromatic carbocycles. The van der Waals surface area contributed by atoms with E-state index in [1.807, 2.05) is 0 Å². The van der Waals surface area contributed by atoms with E-state index in [1.165, 1.54) is 4.57 Å². The van der Waals surface area contributed by atoms with Crippen LogP contribution in [0.2, 0.25) is 10.0 Å². The Morgan fingerprint density at radius 1 is 1.14 bits per heavy atom. The largest absolute Gasteiger partial charge is 0.497 e. The summed E-state index contributed by atoms with van der Waals surface area (Å²) in [6.45, 7) is 0. The van der Waals surface area contributed by atoms with Crippen molar-refractivity contribution >= 4 is 46.4 Å². The van der Waals surface area contributed by atoms with Gasteiger partial charge in [-0.3, -0.25) is 0 Å². The third kappa shape index (κ3) is 2.52. The Morgan fingerprint density at radius 2 is 1.91 bits per heavy atom. The number of fused-ring (bicyclic) bond motifs is 1. The minimum atomic E-state index is -0.596. The number of rotatable bonds is 2. The van der Waals surface area contributed by atoms with E-state index in [0.717, 1.165) is 0 Å². The van der Waals surface area contributed by atoms with Crippen LogP contribution in [0.4, 0.5) is 0 Å². The molecule has 112 valence electrons. The number of hydrogen-bond acceptors (Lipinski definition) is 4. The molecule has 7 heteroatoms. The number of benzene rings is 2. The van der Waals surface area contributed by atoms with Gasteiger partial charge in [-0.05, 0) is 36.4 Å². The number of halogens is 2. The molecule has 0 fully saturated rings. The van der Waals surface area contributed by atoms with Gasteiger partial charge >= 0.3 is 5.76 Å². The zero-order valence-corrected chi connectivity index (χ0v) is 13.6. The van der Waals surface area contributed by atoms with Crippen molar-refractivity contribution in [2.24, 2.45) is 0 Å². The maximum absolute atomic E-state index is 12.2. The summed E-state index contributed by atoms with van der Waals surface area (Å²) in [5.41, 5.74) is 0.880. The van der Waals surface area contributed by atoms with Crippen molar-refractivity contribution in [3.05, 3.63) is 61.6 Å². The van der Waals surface area contributed by atoms with Crippen molar-refractivity contribution < 1.29 is 9.15 Å². The molecule has 0 saturated carbocycles. The maximum Gasteiger partial charge on any atom is 0.425 e. The summed E-state index contributed by atoms with van der Waals surface area (Å²) in [6.07, 6.45) is 0. The number of methoxy groups -OCH3 is 1. The molecule has 0 spiro atoms. The maximum atomic E-state index is 12.2. The van der Waals surface area contributed by atoms with Crippen LogP contribution in [0.5, 0.6) is 5.75 Å². The van der Waals surface area contributed by atoms with Gasteiger partial charge in [-0.1, -0.05) is 35.4 Å². The van der Waals surface area contributed by atoms with E-state index in [1.54, 1.807) is 43.5 Å². The van der Waals surface area contributed by atoms with Crippen LogP contribution in [0, 0.1) is 4.64 Å². The summed E-state index contributed by atoms with van der Waals surface area (Å²) in [7, 11) is 1.55. The molecule has 4 nitrogen and oxygen atoms in total. The van der Waals surface area contributed by atoms with Gasteiger partial charge in [-0.25, -0.2) is 9.36 Å². The van der Waals surface area contributed by atoms with Crippen molar-refractivity contribution in [1.82, 2.24) is 4.57 Å². The SMILES string of the molecule is COc1ccc2oc(=O)n(-c3ccc(Cl)c(Cl)c3)c(=S)c2c1. The van der Waals surface area contributed by atoms with Crippen LogP contribution in [0.3, 0.4) is 0 Å². The molecule has 1 heterocycles. The summed E-state index contributed by atoms with van der Waals surface area (Å²) in [5.74, 6) is 0.0224. The average molecular weight is 354 g/mol. The minimum Gasteiger partial charge on any atom is -0.497 e. The van der Waals surface area contributed by atoms with E-state index < -0.39 is 5.76 Å². The first-order valence-electron chi connectivity index (χ1n) is 6.20. The predicted octanol–water partition coefficient (Wildman–Crippen LogP) is 4.63. The first kappa shape index (κ1) is 15.1. The highest BCUT2D eigenvalue weighted by molar-refractivity contribution is 7.71. The topological polar surface area (TPSA) is 44.4 Å². The Hall–Kier alpha value is -1.82. The van der Waals surface area contributed by atoms with E-state index in [-0.39, 0.29) is 0 Å². The Morgan fingerprint density at radius 3 is 2.59 bits per heavy atom. The number of aromatic nitrogens is 1. The summed E-state index contributed by atoms with van der Waals surface area (Å²) in [6, 6.07) is 9.86. The molecule has 0 unspecified atom stereocenters. The second-order valence-corrected chi connectivity index (χ2v) is 5.67. The zero-order chi connectivity index (χ0) is 15.9. The quantitative estimate of drug-likeness (QED) is 0.630. The van der Waals surface area contributed by atoms with Crippen molar-refractivity contribution in [3.8, 4) is 11.4 Å². The fourth-order valence-electron chi connectivity index (χ4n) is 2.08. The normalized spacial score (nSPS) is 10.9. The number of ether oxygens (including phenoxy) is 1. The van der Waals surface area contributed by atoms with E-state index in [4.69, 9.17) is 44.6 Å². The van der Waals surface area contributed by atoms with Crippen molar-refractivity contribution in [2.45, 2.75) is 0 Å². The van der Waals surface area contributed by atoms with Crippen molar-refractivity contribution in [1.29, 1.82) is 0 Å². The molecule has 0 N–H and O–H groups in total. The fourth-order valence-corrected chi connectivity index (χ4v) is 2.71. The lowest BCUT2D eigenvalue weighted by atomic mass is 10.2. The van der Waals surface area contributed by atoms with E-state index >= 15 is 0 Å². The highest BCUT2D eigenvalue weighted by Gasteiger charge is 2.11. The third-order valence-electron chi connectivity index (χ3n) is 3.16. The molecule has 0 aliphatic heterocycles. The van der Waals surface area contributed by atoms with Crippen LogP contribution < -0.4 is 10.5 Å². The van der Waals surface area contributed by atoms with Gasteiger partial charge in [0.15, 0.2) is 0 Å². The molecule has 0 radical (unpaired) electrons. The smallest absolute Gasteiger partial charge is 0.425 e. The molecule has 0 saturated heterocycles. The van der Waals surface area contributed by atoms with Crippen LogP contribution in [0.15, 0.2) is 45.6 Å². The van der Waals surface area contributed by atoms with Gasteiger partial charge in [0.1, 0.15) is 16.0 Å². The zero-order valence-electron chi connectivity index (χ0n) is 11.3. The minimum absolute atomic E-state index is 0.309. The van der Waals surface area contributed by atoms with Gasteiger partial charge in [0, 0.05) is 0 Å². The number of hydrogen-bond donors (Lipinski definition) is 0. The Bertz CT molecular complexity index is 994. The first-order valence-corrected chi connectivity index (χ1v) is 7.37. The van der Waals surface area contributed by atoms with Crippen LogP contribution in [-0.2, 0) is 0 Å². The molecule has 3 rings (SSSR count). The lowest BCUT2D eigenvalue weighted by Gasteiger charge is -2.09. The second kappa shape index (κ2) is 5.76. The lowest BCUT2D eigenvalue weighted by Crippen LogP contribution is -2.18. The van der Waals surface area contributed by atoms with Crippen LogP contribution in [-0.4, -0.2) is 11.7 Å². The molecule has 1 aromatic heterocycles. The van der Waals surface area contributed by atoms with Gasteiger partial charge in [0.25, 0.3) is 0 Å². The molecular weight excluding hydrogens is 345 g/mol. The second-order valence-electron chi connectivity index (χ2n) is 4.47. The Kier molecular flexibility index (Phi) is 3.95. The van der Waals surface area contributed by atoms with Crippen LogP contribution in [0.25, 0.3) is 16.7 Å². The van der Waals surface area contributed by atoms with Crippen LogP contribution >= 0.6 is 35.4 Å². The fraction of sp³-hybridized carbons (Fsp3) is 0.0667. The average Bonchev–Trinajstić information content (AvgIpc) is 2.50. The highest BCUT2D eigenvalue weighted by Crippen LogP contribution is 2.26. The molecule has 0 aliphatic carbocycles.